The van der Waals surface area contributed by atoms with Crippen LogP contribution in [0.1, 0.15) is 17.0 Å². The minimum atomic E-state index is -4.45. The topological polar surface area (TPSA) is 61.4 Å². The van der Waals surface area contributed by atoms with E-state index in [2.05, 4.69) is 19.6 Å². The van der Waals surface area contributed by atoms with E-state index in [4.69, 9.17) is 0 Å². The second kappa shape index (κ2) is 8.93. The zero-order valence-electron chi connectivity index (χ0n) is 16.5. The first-order chi connectivity index (χ1) is 14.9. The third-order valence-corrected chi connectivity index (χ3v) is 5.76. The fourth-order valence-electron chi connectivity index (χ4n) is 3.30. The number of hydrogen-bond donors (Lipinski definition) is 1. The number of anilines is 2. The maximum Gasteiger partial charge on any atom is 0.416 e. The van der Waals surface area contributed by atoms with Gasteiger partial charge in [-0.3, -0.25) is 0 Å². The molecule has 1 aliphatic heterocycles. The lowest BCUT2D eigenvalue weighted by Gasteiger charge is -2.34. The number of aromatic nitrogens is 2. The van der Waals surface area contributed by atoms with E-state index in [1.54, 1.807) is 4.90 Å². The van der Waals surface area contributed by atoms with E-state index in [0.717, 1.165) is 28.7 Å². The Morgan fingerprint density at radius 2 is 1.77 bits per heavy atom. The van der Waals surface area contributed by atoms with Crippen LogP contribution in [0.15, 0.2) is 54.6 Å². The SMILES string of the molecule is O=C(Nc1cccc(C(F)(F)F)c1)N1CCN(c2nc(Cc3ccccc3)ns2)CC1. The van der Waals surface area contributed by atoms with Crippen LogP contribution in [0.3, 0.4) is 0 Å². The molecule has 31 heavy (non-hydrogen) atoms. The van der Waals surface area contributed by atoms with Gasteiger partial charge >= 0.3 is 12.2 Å². The summed E-state index contributed by atoms with van der Waals surface area (Å²) in [4.78, 5) is 20.7. The van der Waals surface area contributed by atoms with Gasteiger partial charge in [0.15, 0.2) is 0 Å². The summed E-state index contributed by atoms with van der Waals surface area (Å²) in [5.41, 5.74) is 0.470. The number of amides is 2. The number of alkyl halides is 3. The lowest BCUT2D eigenvalue weighted by Crippen LogP contribution is -2.50. The Kier molecular flexibility index (Phi) is 6.08. The normalized spacial score (nSPS) is 14.5. The molecule has 0 unspecified atom stereocenters. The summed E-state index contributed by atoms with van der Waals surface area (Å²) in [5, 5.41) is 3.36. The number of halogens is 3. The molecule has 2 aromatic carbocycles. The lowest BCUT2D eigenvalue weighted by atomic mass is 10.1. The molecule has 0 radical (unpaired) electrons. The molecular weight excluding hydrogens is 427 g/mol. The smallest absolute Gasteiger partial charge is 0.343 e. The largest absolute Gasteiger partial charge is 0.416 e. The molecule has 0 bridgehead atoms. The standard InChI is InChI=1S/C21H20F3N5OS/c22-21(23,24)16-7-4-8-17(14-16)25-19(30)28-9-11-29(12-10-28)20-26-18(27-31-20)13-15-5-2-1-3-6-15/h1-8,14H,9-13H2,(H,25,30). The van der Waals surface area contributed by atoms with Gasteiger partial charge in [-0.05, 0) is 23.8 Å². The first-order valence-electron chi connectivity index (χ1n) is 9.73. The van der Waals surface area contributed by atoms with Gasteiger partial charge in [0.1, 0.15) is 5.82 Å². The van der Waals surface area contributed by atoms with Gasteiger partial charge in [-0.25, -0.2) is 9.78 Å². The van der Waals surface area contributed by atoms with Crippen molar-refractivity contribution < 1.29 is 18.0 Å². The Morgan fingerprint density at radius 1 is 1.03 bits per heavy atom. The van der Waals surface area contributed by atoms with Crippen LogP contribution >= 0.6 is 11.5 Å². The van der Waals surface area contributed by atoms with Crippen molar-refractivity contribution in [3.8, 4) is 0 Å². The van der Waals surface area contributed by atoms with Crippen LogP contribution in [-0.4, -0.2) is 46.5 Å². The Hall–Kier alpha value is -3.14. The Labute approximate surface area is 181 Å². The average molecular weight is 447 g/mol. The van der Waals surface area contributed by atoms with Gasteiger partial charge in [0, 0.05) is 49.8 Å². The van der Waals surface area contributed by atoms with Gasteiger partial charge < -0.3 is 15.1 Å². The molecule has 0 spiro atoms. The Morgan fingerprint density at radius 3 is 2.48 bits per heavy atom. The van der Waals surface area contributed by atoms with Crippen molar-refractivity contribution in [2.24, 2.45) is 0 Å². The van der Waals surface area contributed by atoms with Crippen LogP contribution in [0.4, 0.5) is 28.8 Å². The highest BCUT2D eigenvalue weighted by molar-refractivity contribution is 7.09. The summed E-state index contributed by atoms with van der Waals surface area (Å²) in [6.45, 7) is 2.04. The second-order valence-electron chi connectivity index (χ2n) is 7.14. The minimum Gasteiger partial charge on any atom is -0.343 e. The molecule has 0 aliphatic carbocycles. The highest BCUT2D eigenvalue weighted by Gasteiger charge is 2.31. The fraction of sp³-hybridized carbons (Fsp3) is 0.286. The summed E-state index contributed by atoms with van der Waals surface area (Å²) in [6.07, 6.45) is -3.79. The maximum atomic E-state index is 12.8. The molecule has 1 aromatic heterocycles. The van der Waals surface area contributed by atoms with Gasteiger partial charge in [-0.2, -0.15) is 17.5 Å². The molecular formula is C21H20F3N5OS. The van der Waals surface area contributed by atoms with Crippen LogP contribution in [-0.2, 0) is 12.6 Å². The molecule has 0 atom stereocenters. The van der Waals surface area contributed by atoms with Crippen molar-refractivity contribution in [1.82, 2.24) is 14.3 Å². The number of carbonyl (C=O) groups excluding carboxylic acids is 1. The third kappa shape index (κ3) is 5.32. The molecule has 4 rings (SSSR count). The first kappa shape index (κ1) is 21.1. The zero-order chi connectivity index (χ0) is 21.8. The number of rotatable bonds is 4. The van der Waals surface area contributed by atoms with Gasteiger partial charge in [0.25, 0.3) is 0 Å². The summed E-state index contributed by atoms with van der Waals surface area (Å²) in [6, 6.07) is 14.2. The van der Waals surface area contributed by atoms with E-state index < -0.39 is 17.8 Å². The van der Waals surface area contributed by atoms with Crippen LogP contribution in [0.2, 0.25) is 0 Å². The summed E-state index contributed by atoms with van der Waals surface area (Å²) in [5.74, 6) is 0.760. The molecule has 2 amide bonds. The van der Waals surface area contributed by atoms with E-state index in [0.29, 0.717) is 32.6 Å². The van der Waals surface area contributed by atoms with E-state index in [1.807, 2.05) is 30.3 Å². The van der Waals surface area contributed by atoms with Crippen LogP contribution in [0, 0.1) is 0 Å². The number of piperazine rings is 1. The third-order valence-electron chi connectivity index (χ3n) is 4.94. The zero-order valence-corrected chi connectivity index (χ0v) is 17.3. The predicted octanol–water partition coefficient (Wildman–Crippen LogP) is 4.50. The minimum absolute atomic E-state index is 0.122. The number of nitrogens with one attached hydrogen (secondary N) is 1. The molecule has 1 saturated heterocycles. The molecule has 2 heterocycles. The molecule has 1 aliphatic rings. The molecule has 3 aromatic rings. The molecule has 1 fully saturated rings. The van der Waals surface area contributed by atoms with E-state index in [1.165, 1.54) is 23.7 Å². The van der Waals surface area contributed by atoms with Crippen molar-refractivity contribution in [2.75, 3.05) is 36.4 Å². The average Bonchev–Trinajstić information content (AvgIpc) is 3.22. The van der Waals surface area contributed by atoms with Crippen molar-refractivity contribution in [3.63, 3.8) is 0 Å². The van der Waals surface area contributed by atoms with Crippen LogP contribution in [0.25, 0.3) is 0 Å². The van der Waals surface area contributed by atoms with E-state index in [9.17, 15) is 18.0 Å². The predicted molar refractivity (Wildman–Crippen MR) is 113 cm³/mol. The molecule has 6 nitrogen and oxygen atoms in total. The molecule has 0 saturated carbocycles. The van der Waals surface area contributed by atoms with Crippen molar-refractivity contribution in [1.29, 1.82) is 0 Å². The fourth-order valence-corrected chi connectivity index (χ4v) is 4.04. The Balaban J connectivity index is 1.31. The van der Waals surface area contributed by atoms with Crippen LogP contribution < -0.4 is 10.2 Å². The lowest BCUT2D eigenvalue weighted by molar-refractivity contribution is -0.137. The molecule has 1 N–H and O–H groups in total. The number of hydrogen-bond acceptors (Lipinski definition) is 5. The highest BCUT2D eigenvalue weighted by Crippen LogP contribution is 2.30. The number of urea groups is 1. The van der Waals surface area contributed by atoms with E-state index in [-0.39, 0.29) is 5.69 Å². The van der Waals surface area contributed by atoms with Crippen LogP contribution in [0.5, 0.6) is 0 Å². The highest BCUT2D eigenvalue weighted by atomic mass is 32.1. The van der Waals surface area contributed by atoms with Gasteiger partial charge in [-0.15, -0.1) is 0 Å². The van der Waals surface area contributed by atoms with Gasteiger partial charge in [0.05, 0.1) is 5.56 Å². The number of carbonyl (C=O) groups is 1. The number of nitrogens with zero attached hydrogens (tertiary/aromatic N) is 4. The molecule has 10 heteroatoms. The van der Waals surface area contributed by atoms with Gasteiger partial charge in [0.2, 0.25) is 5.13 Å². The molecule has 162 valence electrons. The second-order valence-corrected chi connectivity index (χ2v) is 7.87. The Bertz CT molecular complexity index is 1030. The van der Waals surface area contributed by atoms with E-state index >= 15 is 0 Å². The van der Waals surface area contributed by atoms with Gasteiger partial charge in [-0.1, -0.05) is 36.4 Å². The van der Waals surface area contributed by atoms with Crippen molar-refractivity contribution >= 4 is 28.4 Å². The monoisotopic (exact) mass is 447 g/mol. The quantitative estimate of drug-likeness (QED) is 0.640. The summed E-state index contributed by atoms with van der Waals surface area (Å²) in [7, 11) is 0. The summed E-state index contributed by atoms with van der Waals surface area (Å²) >= 11 is 1.33. The number of benzene rings is 2. The summed E-state index contributed by atoms with van der Waals surface area (Å²) < 4.78 is 43.0. The van der Waals surface area contributed by atoms with Crippen molar-refractivity contribution in [2.45, 2.75) is 12.6 Å². The van der Waals surface area contributed by atoms with Crippen molar-refractivity contribution in [3.05, 3.63) is 71.5 Å². The first-order valence-corrected chi connectivity index (χ1v) is 10.5. The maximum absolute atomic E-state index is 12.8.